The SMILES string of the molecule is COc1ccc(-c2ccc(Oc3ccc(S(=N)(=N)c4ccc(C)cc4)cc3)cc2)cc1. The average molecular weight is 429 g/mol. The zero-order valence-corrected chi connectivity index (χ0v) is 18.3. The Hall–Kier alpha value is -3.57. The molecule has 2 N–H and O–H groups in total. The number of hydrogen-bond donors (Lipinski definition) is 2. The summed E-state index contributed by atoms with van der Waals surface area (Å²) in [7, 11) is -0.893. The van der Waals surface area contributed by atoms with Gasteiger partial charge in [0.05, 0.1) is 7.11 Å². The maximum Gasteiger partial charge on any atom is 0.127 e. The number of aryl methyl sites for hydroxylation is 1. The second-order valence-corrected chi connectivity index (χ2v) is 9.42. The summed E-state index contributed by atoms with van der Waals surface area (Å²) in [4.78, 5) is 1.40. The van der Waals surface area contributed by atoms with Crippen LogP contribution in [-0.4, -0.2) is 7.11 Å². The fourth-order valence-corrected chi connectivity index (χ4v) is 4.59. The van der Waals surface area contributed by atoms with Crippen LogP contribution in [0, 0.1) is 16.5 Å². The van der Waals surface area contributed by atoms with Crippen LogP contribution in [0.25, 0.3) is 11.1 Å². The van der Waals surface area contributed by atoms with E-state index in [1.165, 1.54) is 0 Å². The lowest BCUT2D eigenvalue weighted by atomic mass is 10.1. The molecule has 4 rings (SSSR count). The highest BCUT2D eigenvalue weighted by molar-refractivity contribution is 7.93. The quantitative estimate of drug-likeness (QED) is 0.333. The summed E-state index contributed by atoms with van der Waals surface area (Å²) in [6, 6.07) is 30.8. The highest BCUT2D eigenvalue weighted by Gasteiger charge is 2.10. The summed E-state index contributed by atoms with van der Waals surface area (Å²) in [5.41, 5.74) is 3.33. The molecule has 0 aliphatic carbocycles. The van der Waals surface area contributed by atoms with Gasteiger partial charge in [-0.1, -0.05) is 42.0 Å². The average Bonchev–Trinajstić information content (AvgIpc) is 2.80. The predicted octanol–water partition coefficient (Wildman–Crippen LogP) is 7.56. The standard InChI is InChI=1S/C26H24N2O2S/c1-19-3-15-25(16-4-19)31(27,28)26-17-13-24(14-18-26)30-23-11-7-21(8-12-23)20-5-9-22(29-2)10-6-20/h3-18,27-28H,1-2H3. The second-order valence-electron chi connectivity index (χ2n) is 7.25. The summed E-state index contributed by atoms with van der Waals surface area (Å²) in [6.07, 6.45) is 0. The van der Waals surface area contributed by atoms with Crippen molar-refractivity contribution in [1.82, 2.24) is 0 Å². The molecule has 4 aromatic rings. The van der Waals surface area contributed by atoms with Crippen LogP contribution in [0.1, 0.15) is 5.56 Å². The van der Waals surface area contributed by atoms with Crippen molar-refractivity contribution in [1.29, 1.82) is 9.56 Å². The van der Waals surface area contributed by atoms with Crippen LogP contribution in [-0.2, 0) is 9.62 Å². The van der Waals surface area contributed by atoms with Crippen molar-refractivity contribution in [3.63, 3.8) is 0 Å². The van der Waals surface area contributed by atoms with E-state index in [2.05, 4.69) is 0 Å². The van der Waals surface area contributed by atoms with Crippen molar-refractivity contribution in [3.8, 4) is 28.4 Å². The van der Waals surface area contributed by atoms with Gasteiger partial charge in [-0.15, -0.1) is 0 Å². The van der Waals surface area contributed by atoms with Crippen molar-refractivity contribution in [2.45, 2.75) is 16.7 Å². The Bertz CT molecular complexity index is 1260. The number of nitrogens with one attached hydrogen (secondary N) is 2. The molecule has 0 aromatic heterocycles. The van der Waals surface area contributed by atoms with Gasteiger partial charge < -0.3 is 9.47 Å². The minimum Gasteiger partial charge on any atom is -0.497 e. The molecule has 4 nitrogen and oxygen atoms in total. The van der Waals surface area contributed by atoms with Crippen LogP contribution in [0.15, 0.2) is 107 Å². The molecule has 0 amide bonds. The maximum atomic E-state index is 8.60. The molecule has 0 bridgehead atoms. The summed E-state index contributed by atoms with van der Waals surface area (Å²) >= 11 is 0. The van der Waals surface area contributed by atoms with E-state index in [4.69, 9.17) is 19.0 Å². The fraction of sp³-hybridized carbons (Fsp3) is 0.0769. The fourth-order valence-electron chi connectivity index (χ4n) is 3.23. The molecular weight excluding hydrogens is 404 g/mol. The Morgan fingerprint density at radius 3 is 1.39 bits per heavy atom. The molecule has 0 radical (unpaired) electrons. The van der Waals surface area contributed by atoms with Gasteiger partial charge in [0.2, 0.25) is 0 Å². The van der Waals surface area contributed by atoms with E-state index in [1.807, 2.05) is 104 Å². The summed E-state index contributed by atoms with van der Waals surface area (Å²) in [6.45, 7) is 2.00. The van der Waals surface area contributed by atoms with Gasteiger partial charge >= 0.3 is 0 Å². The molecule has 0 heterocycles. The predicted molar refractivity (Wildman–Crippen MR) is 125 cm³/mol. The Balaban J connectivity index is 1.48. The lowest BCUT2D eigenvalue weighted by Crippen LogP contribution is -1.98. The molecule has 0 saturated carbocycles. The summed E-state index contributed by atoms with van der Waals surface area (Å²) in [5, 5.41) is 0. The minimum absolute atomic E-state index is 0.679. The highest BCUT2D eigenvalue weighted by Crippen LogP contribution is 2.29. The van der Waals surface area contributed by atoms with Crippen LogP contribution in [0.2, 0.25) is 0 Å². The molecular formula is C26H24N2O2S. The van der Waals surface area contributed by atoms with Gasteiger partial charge in [0.15, 0.2) is 0 Å². The van der Waals surface area contributed by atoms with Gasteiger partial charge in [0.1, 0.15) is 17.2 Å². The zero-order chi connectivity index (χ0) is 21.8. The lowest BCUT2D eigenvalue weighted by Gasteiger charge is -2.13. The normalized spacial score (nSPS) is 11.2. The van der Waals surface area contributed by atoms with Crippen molar-refractivity contribution < 1.29 is 9.47 Å². The van der Waals surface area contributed by atoms with Crippen LogP contribution in [0.3, 0.4) is 0 Å². The zero-order valence-electron chi connectivity index (χ0n) is 17.5. The van der Waals surface area contributed by atoms with E-state index in [1.54, 1.807) is 7.11 Å². The Labute approximate surface area is 183 Å². The van der Waals surface area contributed by atoms with Crippen molar-refractivity contribution in [2.75, 3.05) is 7.11 Å². The van der Waals surface area contributed by atoms with Crippen LogP contribution >= 0.6 is 0 Å². The van der Waals surface area contributed by atoms with Gasteiger partial charge in [0.25, 0.3) is 0 Å². The number of hydrogen-bond acceptors (Lipinski definition) is 4. The summed E-state index contributed by atoms with van der Waals surface area (Å²) in [5.74, 6) is 2.25. The van der Waals surface area contributed by atoms with Crippen molar-refractivity contribution >= 4 is 9.62 Å². The van der Waals surface area contributed by atoms with E-state index in [-0.39, 0.29) is 0 Å². The number of methoxy groups -OCH3 is 1. The van der Waals surface area contributed by atoms with E-state index < -0.39 is 9.62 Å². The smallest absolute Gasteiger partial charge is 0.127 e. The molecule has 156 valence electrons. The molecule has 4 aromatic carbocycles. The van der Waals surface area contributed by atoms with E-state index in [9.17, 15) is 0 Å². The van der Waals surface area contributed by atoms with E-state index in [0.717, 1.165) is 33.1 Å². The molecule has 0 fully saturated rings. The molecule has 0 unspecified atom stereocenters. The first-order valence-corrected chi connectivity index (χ1v) is 11.5. The highest BCUT2D eigenvalue weighted by atomic mass is 32.2. The Morgan fingerprint density at radius 1 is 0.548 bits per heavy atom. The molecule has 0 saturated heterocycles. The lowest BCUT2D eigenvalue weighted by molar-refractivity contribution is 0.415. The van der Waals surface area contributed by atoms with Crippen LogP contribution in [0.5, 0.6) is 17.2 Å². The van der Waals surface area contributed by atoms with E-state index in [0.29, 0.717) is 10.6 Å². The Morgan fingerprint density at radius 2 is 0.935 bits per heavy atom. The molecule has 0 aliphatic rings. The first kappa shape index (κ1) is 20.7. The monoisotopic (exact) mass is 428 g/mol. The minimum atomic E-state index is -2.55. The largest absolute Gasteiger partial charge is 0.497 e. The van der Waals surface area contributed by atoms with Gasteiger partial charge in [-0.2, -0.15) is 0 Å². The van der Waals surface area contributed by atoms with Crippen LogP contribution < -0.4 is 9.47 Å². The third-order valence-corrected chi connectivity index (χ3v) is 7.02. The number of rotatable bonds is 6. The van der Waals surface area contributed by atoms with Gasteiger partial charge in [-0.25, -0.2) is 0 Å². The van der Waals surface area contributed by atoms with Crippen LogP contribution in [0.4, 0.5) is 0 Å². The third kappa shape index (κ3) is 4.62. The third-order valence-electron chi connectivity index (χ3n) is 5.07. The number of ether oxygens (including phenoxy) is 2. The van der Waals surface area contributed by atoms with Gasteiger partial charge in [-0.3, -0.25) is 9.56 Å². The second kappa shape index (κ2) is 8.66. The van der Waals surface area contributed by atoms with Gasteiger partial charge in [0, 0.05) is 9.79 Å². The van der Waals surface area contributed by atoms with Gasteiger partial charge in [-0.05, 0) is 88.3 Å². The Kier molecular flexibility index (Phi) is 5.78. The first-order valence-electron chi connectivity index (χ1n) is 9.87. The first-order chi connectivity index (χ1) is 15.0. The number of benzene rings is 4. The maximum absolute atomic E-state index is 8.60. The van der Waals surface area contributed by atoms with Crippen molar-refractivity contribution in [2.24, 2.45) is 0 Å². The summed E-state index contributed by atoms with van der Waals surface area (Å²) < 4.78 is 28.4. The molecule has 0 aliphatic heterocycles. The molecule has 31 heavy (non-hydrogen) atoms. The molecule has 0 spiro atoms. The van der Waals surface area contributed by atoms with E-state index >= 15 is 0 Å². The van der Waals surface area contributed by atoms with Crippen molar-refractivity contribution in [3.05, 3.63) is 103 Å². The molecule has 0 atom stereocenters. The molecule has 5 heteroatoms. The topological polar surface area (TPSA) is 66.2 Å².